The Bertz CT molecular complexity index is 668. The van der Waals surface area contributed by atoms with Crippen LogP contribution in [0.2, 0.25) is 0 Å². The van der Waals surface area contributed by atoms with Crippen LogP contribution in [0.5, 0.6) is 0 Å². The first-order valence-corrected chi connectivity index (χ1v) is 7.12. The number of hydrogen-bond acceptors (Lipinski definition) is 5. The molecule has 3 heterocycles. The Kier molecular flexibility index (Phi) is 5.78. The minimum Gasteiger partial charge on any atom is -0.459 e. The summed E-state index contributed by atoms with van der Waals surface area (Å²) >= 11 is 0. The molecule has 2 aromatic rings. The summed E-state index contributed by atoms with van der Waals surface area (Å²) in [6.07, 6.45) is 2.28. The van der Waals surface area contributed by atoms with Crippen molar-refractivity contribution in [3.05, 3.63) is 41.1 Å². The molecule has 0 saturated heterocycles. The first kappa shape index (κ1) is 17.0. The maximum Gasteiger partial charge on any atom is 0.287 e. The highest BCUT2D eigenvalue weighted by Gasteiger charge is 2.21. The average Bonchev–Trinajstić information content (AvgIpc) is 3.20. The summed E-state index contributed by atoms with van der Waals surface area (Å²) in [6.45, 7) is 2.16. The van der Waals surface area contributed by atoms with Gasteiger partial charge in [-0.3, -0.25) is 14.7 Å². The van der Waals surface area contributed by atoms with Crippen molar-refractivity contribution in [3.8, 4) is 0 Å². The fourth-order valence-electron chi connectivity index (χ4n) is 2.34. The van der Waals surface area contributed by atoms with Crippen LogP contribution in [0.3, 0.4) is 0 Å². The number of carbonyl (C=O) groups excluding carboxylic acids is 2. The highest BCUT2D eigenvalue weighted by atomic mass is 35.5. The zero-order valence-electron chi connectivity index (χ0n) is 12.3. The van der Waals surface area contributed by atoms with Crippen LogP contribution in [0.15, 0.2) is 22.8 Å². The molecule has 2 aromatic heterocycles. The molecule has 124 valence electrons. The van der Waals surface area contributed by atoms with E-state index in [4.69, 9.17) is 4.42 Å². The number of rotatable bonds is 5. The van der Waals surface area contributed by atoms with E-state index in [0.29, 0.717) is 25.3 Å². The Balaban J connectivity index is 0.00000192. The van der Waals surface area contributed by atoms with Crippen LogP contribution >= 0.6 is 12.4 Å². The SMILES string of the molecule is Cl.O=C(NCCNC(=O)c1n[nH]c2c1CNCC2)c1ccco1. The molecule has 2 amide bonds. The molecule has 9 heteroatoms. The van der Waals surface area contributed by atoms with Gasteiger partial charge in [-0.15, -0.1) is 12.4 Å². The number of carbonyl (C=O) groups is 2. The first-order valence-electron chi connectivity index (χ1n) is 7.12. The second-order valence-corrected chi connectivity index (χ2v) is 4.95. The molecule has 0 atom stereocenters. The Labute approximate surface area is 138 Å². The number of H-pyrrole nitrogens is 1. The van der Waals surface area contributed by atoms with Crippen molar-refractivity contribution >= 4 is 24.2 Å². The lowest BCUT2D eigenvalue weighted by atomic mass is 10.1. The topological polar surface area (TPSA) is 112 Å². The van der Waals surface area contributed by atoms with Crippen LogP contribution in [-0.2, 0) is 13.0 Å². The molecule has 0 unspecified atom stereocenters. The fourth-order valence-corrected chi connectivity index (χ4v) is 2.34. The number of furan rings is 1. The lowest BCUT2D eigenvalue weighted by Gasteiger charge is -2.12. The van der Waals surface area contributed by atoms with E-state index in [1.165, 1.54) is 6.26 Å². The van der Waals surface area contributed by atoms with Crippen molar-refractivity contribution in [3.63, 3.8) is 0 Å². The van der Waals surface area contributed by atoms with E-state index in [1.54, 1.807) is 12.1 Å². The van der Waals surface area contributed by atoms with Gasteiger partial charge in [-0.05, 0) is 12.1 Å². The van der Waals surface area contributed by atoms with Crippen LogP contribution in [0, 0.1) is 0 Å². The third-order valence-corrected chi connectivity index (χ3v) is 3.46. The van der Waals surface area contributed by atoms with Crippen LogP contribution in [0.1, 0.15) is 32.3 Å². The van der Waals surface area contributed by atoms with E-state index in [9.17, 15) is 9.59 Å². The largest absolute Gasteiger partial charge is 0.459 e. The van der Waals surface area contributed by atoms with Crippen LogP contribution in [0.25, 0.3) is 0 Å². The highest BCUT2D eigenvalue weighted by Crippen LogP contribution is 2.14. The molecule has 4 N–H and O–H groups in total. The lowest BCUT2D eigenvalue weighted by molar-refractivity contribution is 0.0909. The van der Waals surface area contributed by atoms with E-state index >= 15 is 0 Å². The van der Waals surface area contributed by atoms with Crippen LogP contribution in [0.4, 0.5) is 0 Å². The van der Waals surface area contributed by atoms with Gasteiger partial charge in [-0.25, -0.2) is 0 Å². The van der Waals surface area contributed by atoms with Crippen molar-refractivity contribution in [1.29, 1.82) is 0 Å². The fraction of sp³-hybridized carbons (Fsp3) is 0.357. The number of nitrogens with zero attached hydrogens (tertiary/aromatic N) is 1. The van der Waals surface area contributed by atoms with E-state index in [2.05, 4.69) is 26.1 Å². The summed E-state index contributed by atoms with van der Waals surface area (Å²) in [5.74, 6) is -0.298. The Morgan fingerprint density at radius 2 is 2.04 bits per heavy atom. The van der Waals surface area contributed by atoms with Gasteiger partial charge in [0.05, 0.1) is 6.26 Å². The highest BCUT2D eigenvalue weighted by molar-refractivity contribution is 5.94. The molecule has 0 spiro atoms. The predicted molar refractivity (Wildman–Crippen MR) is 84.6 cm³/mol. The van der Waals surface area contributed by atoms with E-state index in [-0.39, 0.29) is 30.0 Å². The molecule has 1 aliphatic rings. The molecule has 23 heavy (non-hydrogen) atoms. The van der Waals surface area contributed by atoms with Gasteiger partial charge in [0.1, 0.15) is 0 Å². The van der Waals surface area contributed by atoms with E-state index < -0.39 is 0 Å². The lowest BCUT2D eigenvalue weighted by Crippen LogP contribution is -2.35. The first-order chi connectivity index (χ1) is 10.8. The van der Waals surface area contributed by atoms with E-state index in [0.717, 1.165) is 24.2 Å². The van der Waals surface area contributed by atoms with Crippen molar-refractivity contribution in [2.24, 2.45) is 0 Å². The summed E-state index contributed by atoms with van der Waals surface area (Å²) in [6, 6.07) is 3.22. The van der Waals surface area contributed by atoms with Gasteiger partial charge in [0.2, 0.25) is 0 Å². The monoisotopic (exact) mass is 339 g/mol. The minimum absolute atomic E-state index is 0. The zero-order valence-corrected chi connectivity index (χ0v) is 13.2. The van der Waals surface area contributed by atoms with Gasteiger partial charge in [0.15, 0.2) is 11.5 Å². The molecule has 1 aliphatic heterocycles. The maximum atomic E-state index is 12.1. The van der Waals surface area contributed by atoms with Gasteiger partial charge in [-0.2, -0.15) is 5.10 Å². The summed E-state index contributed by atoms with van der Waals surface area (Å²) in [7, 11) is 0. The zero-order chi connectivity index (χ0) is 15.4. The number of hydrogen-bond donors (Lipinski definition) is 4. The van der Waals surface area contributed by atoms with Crippen molar-refractivity contribution in [2.45, 2.75) is 13.0 Å². The standard InChI is InChI=1S/C14H17N5O3.ClH/c20-13(11-2-1-7-22-11)16-5-6-17-14(21)12-9-8-15-4-3-10(9)18-19-12;/h1-2,7,15H,3-6,8H2,(H,16,20)(H,17,21)(H,18,19);1H. The van der Waals surface area contributed by atoms with Gasteiger partial charge in [0.25, 0.3) is 11.8 Å². The number of halogens is 1. The Morgan fingerprint density at radius 3 is 2.78 bits per heavy atom. The van der Waals surface area contributed by atoms with Crippen molar-refractivity contribution < 1.29 is 14.0 Å². The predicted octanol–water partition coefficient (Wildman–Crippen LogP) is 0.230. The second kappa shape index (κ2) is 7.80. The van der Waals surface area contributed by atoms with Crippen LogP contribution in [-0.4, -0.2) is 41.6 Å². The third-order valence-electron chi connectivity index (χ3n) is 3.46. The number of aromatic amines is 1. The molecule has 0 aliphatic carbocycles. The molecule has 0 fully saturated rings. The number of nitrogens with one attached hydrogen (secondary N) is 4. The van der Waals surface area contributed by atoms with Crippen molar-refractivity contribution in [2.75, 3.05) is 19.6 Å². The molecule has 0 radical (unpaired) electrons. The Morgan fingerprint density at radius 1 is 1.26 bits per heavy atom. The molecule has 0 aromatic carbocycles. The van der Waals surface area contributed by atoms with Crippen LogP contribution < -0.4 is 16.0 Å². The number of amides is 2. The second-order valence-electron chi connectivity index (χ2n) is 4.95. The van der Waals surface area contributed by atoms with Gasteiger partial charge in [-0.1, -0.05) is 0 Å². The van der Waals surface area contributed by atoms with Gasteiger partial charge < -0.3 is 20.4 Å². The molecule has 0 saturated carbocycles. The normalized spacial score (nSPS) is 12.9. The van der Waals surface area contributed by atoms with Gasteiger partial charge >= 0.3 is 0 Å². The van der Waals surface area contributed by atoms with E-state index in [1.807, 2.05) is 0 Å². The Hall–Kier alpha value is -2.32. The molecular formula is C14H18ClN5O3. The molecule has 3 rings (SSSR count). The third kappa shape index (κ3) is 3.91. The summed E-state index contributed by atoms with van der Waals surface area (Å²) in [5.41, 5.74) is 2.35. The summed E-state index contributed by atoms with van der Waals surface area (Å²) < 4.78 is 4.97. The summed E-state index contributed by atoms with van der Waals surface area (Å²) in [5, 5.41) is 15.6. The minimum atomic E-state index is -0.305. The van der Waals surface area contributed by atoms with Gasteiger partial charge in [0, 0.05) is 43.9 Å². The molecular weight excluding hydrogens is 322 g/mol. The summed E-state index contributed by atoms with van der Waals surface area (Å²) in [4.78, 5) is 23.7. The quantitative estimate of drug-likeness (QED) is 0.583. The van der Waals surface area contributed by atoms with Crippen molar-refractivity contribution in [1.82, 2.24) is 26.1 Å². The maximum absolute atomic E-state index is 12.1. The number of fused-ring (bicyclic) bond motifs is 1. The molecule has 0 bridgehead atoms. The molecule has 8 nitrogen and oxygen atoms in total. The average molecular weight is 340 g/mol. The smallest absolute Gasteiger partial charge is 0.287 e. The number of aromatic nitrogens is 2.